The first kappa shape index (κ1) is 19.7. The number of rotatable bonds is 7. The van der Waals surface area contributed by atoms with E-state index in [-0.39, 0.29) is 31.4 Å². The average molecular weight is 384 g/mol. The zero-order chi connectivity index (χ0) is 20.1. The highest BCUT2D eigenvalue weighted by atomic mass is 19.1. The van der Waals surface area contributed by atoms with Crippen molar-refractivity contribution in [1.29, 1.82) is 0 Å². The van der Waals surface area contributed by atoms with Gasteiger partial charge in [0.25, 0.3) is 0 Å². The number of aromatic nitrogens is 3. The molecule has 0 aliphatic heterocycles. The molecule has 0 saturated carbocycles. The molecule has 7 nitrogen and oxygen atoms in total. The Morgan fingerprint density at radius 3 is 2.64 bits per heavy atom. The molecule has 1 amide bonds. The summed E-state index contributed by atoms with van der Waals surface area (Å²) >= 11 is 0. The molecule has 1 heterocycles. The van der Waals surface area contributed by atoms with Gasteiger partial charge in [0.15, 0.2) is 0 Å². The lowest BCUT2D eigenvalue weighted by Crippen LogP contribution is -2.16. The van der Waals surface area contributed by atoms with Gasteiger partial charge in [0.05, 0.1) is 37.6 Å². The lowest BCUT2D eigenvalue weighted by atomic mass is 10.1. The van der Waals surface area contributed by atoms with Crippen LogP contribution in [0.1, 0.15) is 28.1 Å². The van der Waals surface area contributed by atoms with Gasteiger partial charge in [-0.25, -0.2) is 9.07 Å². The Labute approximate surface area is 161 Å². The highest BCUT2D eigenvalue weighted by Gasteiger charge is 2.14. The summed E-state index contributed by atoms with van der Waals surface area (Å²) in [6.45, 7) is 1.76. The lowest BCUT2D eigenvalue weighted by Gasteiger charge is -2.09. The molecule has 3 aromatic rings. The maximum absolute atomic E-state index is 13.3. The number of carbonyl (C=O) groups is 1. The van der Waals surface area contributed by atoms with E-state index in [4.69, 9.17) is 0 Å². The molecule has 0 radical (unpaired) electrons. The summed E-state index contributed by atoms with van der Waals surface area (Å²) in [6.07, 6.45) is 0.0329. The molecule has 0 aliphatic carbocycles. The Morgan fingerprint density at radius 1 is 1.14 bits per heavy atom. The first-order valence-electron chi connectivity index (χ1n) is 8.77. The molecule has 0 aliphatic rings. The summed E-state index contributed by atoms with van der Waals surface area (Å²) in [7, 11) is 0. The fourth-order valence-electron chi connectivity index (χ4n) is 2.88. The highest BCUT2D eigenvalue weighted by molar-refractivity contribution is 5.92. The van der Waals surface area contributed by atoms with Crippen LogP contribution in [0, 0.1) is 12.7 Å². The van der Waals surface area contributed by atoms with Crippen molar-refractivity contribution in [3.8, 4) is 0 Å². The van der Waals surface area contributed by atoms with E-state index in [9.17, 15) is 19.4 Å². The number of carbonyl (C=O) groups excluding carboxylic acids is 1. The minimum absolute atomic E-state index is 0.0329. The smallest absolute Gasteiger partial charge is 0.230 e. The van der Waals surface area contributed by atoms with Crippen molar-refractivity contribution in [2.45, 2.75) is 33.1 Å². The third kappa shape index (κ3) is 4.59. The van der Waals surface area contributed by atoms with Crippen LogP contribution in [0.3, 0.4) is 0 Å². The molecule has 28 heavy (non-hydrogen) atoms. The second kappa shape index (κ2) is 8.73. The van der Waals surface area contributed by atoms with Crippen molar-refractivity contribution in [3.05, 3.63) is 76.4 Å². The highest BCUT2D eigenvalue weighted by Crippen LogP contribution is 2.17. The molecular weight excluding hydrogens is 363 g/mol. The minimum Gasteiger partial charge on any atom is -0.392 e. The molecule has 2 aromatic carbocycles. The van der Waals surface area contributed by atoms with Gasteiger partial charge in [0.1, 0.15) is 5.82 Å². The largest absolute Gasteiger partial charge is 0.392 e. The number of hydrogen-bond acceptors (Lipinski definition) is 5. The second-order valence-corrected chi connectivity index (χ2v) is 6.43. The zero-order valence-electron chi connectivity index (χ0n) is 15.4. The van der Waals surface area contributed by atoms with Crippen LogP contribution in [0.15, 0.2) is 42.5 Å². The Morgan fingerprint density at radius 2 is 1.93 bits per heavy atom. The molecule has 3 rings (SSSR count). The van der Waals surface area contributed by atoms with Gasteiger partial charge in [-0.05, 0) is 47.9 Å². The van der Waals surface area contributed by atoms with Crippen molar-refractivity contribution in [2.24, 2.45) is 0 Å². The van der Waals surface area contributed by atoms with Crippen LogP contribution in [-0.4, -0.2) is 31.1 Å². The van der Waals surface area contributed by atoms with E-state index in [0.29, 0.717) is 29.1 Å². The summed E-state index contributed by atoms with van der Waals surface area (Å²) in [5.41, 5.74) is 3.70. The van der Waals surface area contributed by atoms with Gasteiger partial charge in [-0.15, -0.1) is 5.10 Å². The molecule has 8 heteroatoms. The Hall–Kier alpha value is -3.10. The fourth-order valence-corrected chi connectivity index (χ4v) is 2.88. The normalized spacial score (nSPS) is 10.9. The topological polar surface area (TPSA) is 100 Å². The predicted octanol–water partition coefficient (Wildman–Crippen LogP) is 1.94. The van der Waals surface area contributed by atoms with Gasteiger partial charge in [-0.3, -0.25) is 4.79 Å². The van der Waals surface area contributed by atoms with E-state index < -0.39 is 0 Å². The fraction of sp³-hybridized carbons (Fsp3) is 0.250. The van der Waals surface area contributed by atoms with Crippen LogP contribution in [0.2, 0.25) is 0 Å². The monoisotopic (exact) mass is 384 g/mol. The first-order valence-corrected chi connectivity index (χ1v) is 8.77. The van der Waals surface area contributed by atoms with Crippen molar-refractivity contribution < 1.29 is 19.4 Å². The predicted molar refractivity (Wildman–Crippen MR) is 101 cm³/mol. The number of aliphatic hydroxyl groups is 2. The summed E-state index contributed by atoms with van der Waals surface area (Å²) < 4.78 is 15.0. The third-order valence-electron chi connectivity index (χ3n) is 4.46. The molecule has 0 spiro atoms. The molecule has 0 unspecified atom stereocenters. The van der Waals surface area contributed by atoms with E-state index in [0.717, 1.165) is 11.3 Å². The molecule has 0 fully saturated rings. The SMILES string of the molecule is Cc1c(CC(=O)Nc2ccc(CO)c(CO)c2)nnn1Cc1cccc(F)c1. The van der Waals surface area contributed by atoms with Crippen LogP contribution in [0.25, 0.3) is 0 Å². The number of nitrogens with zero attached hydrogens (tertiary/aromatic N) is 3. The quantitative estimate of drug-likeness (QED) is 0.578. The number of nitrogens with one attached hydrogen (secondary N) is 1. The van der Waals surface area contributed by atoms with Gasteiger partial charge < -0.3 is 15.5 Å². The van der Waals surface area contributed by atoms with E-state index in [1.807, 2.05) is 6.92 Å². The number of halogens is 1. The summed E-state index contributed by atoms with van der Waals surface area (Å²) in [6, 6.07) is 11.2. The van der Waals surface area contributed by atoms with Crippen molar-refractivity contribution >= 4 is 11.6 Å². The molecule has 0 saturated heterocycles. The molecule has 1 aromatic heterocycles. The van der Waals surface area contributed by atoms with E-state index in [2.05, 4.69) is 15.6 Å². The van der Waals surface area contributed by atoms with Gasteiger partial charge in [0, 0.05) is 5.69 Å². The Bertz CT molecular complexity index is 987. The van der Waals surface area contributed by atoms with Crippen molar-refractivity contribution in [1.82, 2.24) is 15.0 Å². The molecule has 3 N–H and O–H groups in total. The van der Waals surface area contributed by atoms with Crippen molar-refractivity contribution in [2.75, 3.05) is 5.32 Å². The Kier molecular flexibility index (Phi) is 6.13. The lowest BCUT2D eigenvalue weighted by molar-refractivity contribution is -0.115. The second-order valence-electron chi connectivity index (χ2n) is 6.43. The van der Waals surface area contributed by atoms with Gasteiger partial charge in [0.2, 0.25) is 5.91 Å². The summed E-state index contributed by atoms with van der Waals surface area (Å²) in [5.74, 6) is -0.592. The molecule has 0 bridgehead atoms. The van der Waals surface area contributed by atoms with Gasteiger partial charge in [-0.2, -0.15) is 0 Å². The van der Waals surface area contributed by atoms with Crippen LogP contribution in [0.5, 0.6) is 0 Å². The molecule has 146 valence electrons. The Balaban J connectivity index is 1.67. The number of benzene rings is 2. The van der Waals surface area contributed by atoms with Crippen LogP contribution < -0.4 is 5.32 Å². The number of anilines is 1. The number of amides is 1. The van der Waals surface area contributed by atoms with E-state index >= 15 is 0 Å². The first-order chi connectivity index (χ1) is 13.5. The molecule has 0 atom stereocenters. The summed E-state index contributed by atoms with van der Waals surface area (Å²) in [5, 5.41) is 29.5. The van der Waals surface area contributed by atoms with E-state index in [1.54, 1.807) is 35.0 Å². The van der Waals surface area contributed by atoms with Gasteiger partial charge >= 0.3 is 0 Å². The average Bonchev–Trinajstić information content (AvgIpc) is 3.01. The van der Waals surface area contributed by atoms with Crippen LogP contribution in [0.4, 0.5) is 10.1 Å². The maximum atomic E-state index is 13.3. The third-order valence-corrected chi connectivity index (χ3v) is 4.46. The van der Waals surface area contributed by atoms with Crippen LogP contribution >= 0.6 is 0 Å². The van der Waals surface area contributed by atoms with Gasteiger partial charge in [-0.1, -0.05) is 23.4 Å². The number of hydrogen-bond donors (Lipinski definition) is 3. The van der Waals surface area contributed by atoms with E-state index in [1.165, 1.54) is 12.1 Å². The maximum Gasteiger partial charge on any atom is 0.230 e. The van der Waals surface area contributed by atoms with Crippen LogP contribution in [-0.2, 0) is 31.0 Å². The zero-order valence-corrected chi connectivity index (χ0v) is 15.4. The number of aliphatic hydroxyl groups excluding tert-OH is 2. The van der Waals surface area contributed by atoms with Crippen molar-refractivity contribution in [3.63, 3.8) is 0 Å². The standard InChI is InChI=1S/C20H21FN4O3/c1-13-19(23-24-25(13)10-14-3-2-4-17(21)7-14)9-20(28)22-18-6-5-15(11-26)16(8-18)12-27/h2-8,26-27H,9-12H2,1H3,(H,22,28). The summed E-state index contributed by atoms with van der Waals surface area (Å²) in [4.78, 5) is 12.4. The molecular formula is C20H21FN4O3. The minimum atomic E-state index is -0.315.